The predicted octanol–water partition coefficient (Wildman–Crippen LogP) is -1.31. The molecule has 0 aliphatic rings. The fourth-order valence-corrected chi connectivity index (χ4v) is 6.53. The predicted molar refractivity (Wildman–Crippen MR) is 180 cm³/mol. The molecule has 0 aliphatic heterocycles. The second-order valence-electron chi connectivity index (χ2n) is 10.7. The third kappa shape index (κ3) is 8.70. The average Bonchev–Trinajstić information content (AvgIpc) is 3.07. The van der Waals surface area contributed by atoms with Crippen molar-refractivity contribution in [2.45, 2.75) is 9.79 Å². The molecular weight excluding hydrogens is 735 g/mol. The van der Waals surface area contributed by atoms with Gasteiger partial charge in [-0.25, -0.2) is 16.8 Å². The number of phenolic OH excluding ortho intramolecular Hbond substituents is 2. The van der Waals surface area contributed by atoms with Crippen LogP contribution in [0.3, 0.4) is 0 Å². The van der Waals surface area contributed by atoms with Gasteiger partial charge >= 0.3 is 59.1 Å². The Morgan fingerprint density at radius 1 is 0.596 bits per heavy atom. The Hall–Kier alpha value is -4.20. The van der Waals surface area contributed by atoms with Crippen molar-refractivity contribution in [2.24, 2.45) is 0 Å². The molecule has 2 amide bonds. The molecule has 6 aromatic rings. The van der Waals surface area contributed by atoms with E-state index in [4.69, 9.17) is 0 Å². The summed E-state index contributed by atoms with van der Waals surface area (Å²) in [6, 6.07) is 19.1. The number of carbonyl (C=O) groups excluding carboxylic acids is 2. The second kappa shape index (κ2) is 16.2. The van der Waals surface area contributed by atoms with E-state index < -0.39 is 53.3 Å². The molecule has 4 N–H and O–H groups in total. The summed E-state index contributed by atoms with van der Waals surface area (Å²) >= 11 is 0. The van der Waals surface area contributed by atoms with Gasteiger partial charge in [0, 0.05) is 34.5 Å². The molecule has 0 unspecified atom stereocenters. The van der Waals surface area contributed by atoms with Crippen LogP contribution in [0.5, 0.6) is 11.5 Å². The standard InChI is InChI=1S/C34H24N4O10S2.2Na/c39-31-25(13-9-21-3-1-15-35-29(21)31)33(41)37-23-11-7-19(27(17-23)49(43,44)45)5-6-20-8-12-24(18-28(20)50(46,47)48)38-34(42)26-14-10-22-4-2-16-36-30(22)32(26)40;;/h1-18,39-40H,(H,37,41)(H,38,42)(H,43,44,45)(H,46,47,48);;/q;2*+1/p-2. The van der Waals surface area contributed by atoms with E-state index in [9.17, 15) is 45.7 Å². The Morgan fingerprint density at radius 2 is 0.981 bits per heavy atom. The summed E-state index contributed by atoms with van der Waals surface area (Å²) in [7, 11) is -10.3. The minimum Gasteiger partial charge on any atom is -0.744 e. The van der Waals surface area contributed by atoms with Gasteiger partial charge in [0.2, 0.25) is 0 Å². The van der Waals surface area contributed by atoms with Gasteiger partial charge in [-0.15, -0.1) is 0 Å². The van der Waals surface area contributed by atoms with Crippen molar-refractivity contribution in [3.63, 3.8) is 0 Å². The largest absolute Gasteiger partial charge is 1.00 e. The second-order valence-corrected chi connectivity index (χ2v) is 13.4. The Labute approximate surface area is 340 Å². The number of aromatic hydroxyl groups is 2. The number of anilines is 2. The van der Waals surface area contributed by atoms with Crippen molar-refractivity contribution >= 4 is 77.4 Å². The summed E-state index contributed by atoms with van der Waals surface area (Å²) in [6.45, 7) is 0. The van der Waals surface area contributed by atoms with Crippen molar-refractivity contribution in [1.29, 1.82) is 0 Å². The van der Waals surface area contributed by atoms with Gasteiger partial charge in [-0.3, -0.25) is 19.6 Å². The molecule has 18 heteroatoms. The number of nitrogens with one attached hydrogen (secondary N) is 2. The molecule has 4 aromatic carbocycles. The van der Waals surface area contributed by atoms with Crippen LogP contribution in [0.25, 0.3) is 34.0 Å². The molecule has 52 heavy (non-hydrogen) atoms. The number of rotatable bonds is 8. The number of phenols is 2. The number of hydrogen-bond acceptors (Lipinski definition) is 12. The zero-order chi connectivity index (χ0) is 35.8. The first-order chi connectivity index (χ1) is 23.7. The maximum Gasteiger partial charge on any atom is 1.00 e. The number of nitrogens with zero attached hydrogens (tertiary/aromatic N) is 2. The molecular formula is C34H22N4Na2O10S2. The van der Waals surface area contributed by atoms with Crippen LogP contribution in [0.1, 0.15) is 31.8 Å². The summed E-state index contributed by atoms with van der Waals surface area (Å²) in [5, 5.41) is 27.1. The third-order valence-electron chi connectivity index (χ3n) is 7.51. The quantitative estimate of drug-likeness (QED) is 0.0805. The monoisotopic (exact) mass is 756 g/mol. The normalized spacial score (nSPS) is 11.5. The van der Waals surface area contributed by atoms with E-state index in [0.29, 0.717) is 10.8 Å². The van der Waals surface area contributed by atoms with E-state index in [-0.39, 0.29) is 104 Å². The molecule has 0 saturated carbocycles. The Kier molecular flexibility index (Phi) is 12.7. The summed E-state index contributed by atoms with van der Waals surface area (Å²) < 4.78 is 73.2. The van der Waals surface area contributed by atoms with Gasteiger partial charge in [0.05, 0.1) is 20.9 Å². The van der Waals surface area contributed by atoms with Crippen molar-refractivity contribution < 1.29 is 105 Å². The molecule has 14 nitrogen and oxygen atoms in total. The first-order valence-electron chi connectivity index (χ1n) is 14.3. The molecule has 0 fully saturated rings. The minimum atomic E-state index is -5.16. The smallest absolute Gasteiger partial charge is 0.744 e. The summed E-state index contributed by atoms with van der Waals surface area (Å²) in [5.74, 6) is -2.46. The van der Waals surface area contributed by atoms with Crippen LogP contribution in [-0.2, 0) is 20.2 Å². The number of aromatic nitrogens is 2. The van der Waals surface area contributed by atoms with Crippen LogP contribution in [-0.4, -0.2) is 57.9 Å². The number of pyridine rings is 2. The molecule has 0 atom stereocenters. The van der Waals surface area contributed by atoms with Gasteiger partial charge in [-0.2, -0.15) is 0 Å². The van der Waals surface area contributed by atoms with Crippen LogP contribution in [0.2, 0.25) is 0 Å². The molecule has 2 heterocycles. The Morgan fingerprint density at radius 3 is 1.35 bits per heavy atom. The van der Waals surface area contributed by atoms with E-state index in [1.165, 1.54) is 48.8 Å². The number of amides is 2. The first-order valence-corrected chi connectivity index (χ1v) is 17.2. The average molecular weight is 757 g/mol. The van der Waals surface area contributed by atoms with Crippen LogP contribution < -0.4 is 69.7 Å². The fraction of sp³-hybridized carbons (Fsp3) is 0. The van der Waals surface area contributed by atoms with Crippen LogP contribution in [0, 0.1) is 0 Å². The van der Waals surface area contributed by atoms with Gasteiger partial charge in [-0.1, -0.05) is 48.6 Å². The zero-order valence-electron chi connectivity index (χ0n) is 27.3. The minimum absolute atomic E-state index is 0. The van der Waals surface area contributed by atoms with E-state index in [1.807, 2.05) is 0 Å². The summed E-state index contributed by atoms with van der Waals surface area (Å²) in [6.07, 6.45) is 5.03. The van der Waals surface area contributed by atoms with Gasteiger partial charge in [0.25, 0.3) is 11.8 Å². The maximum absolute atomic E-state index is 12.9. The van der Waals surface area contributed by atoms with Gasteiger partial charge in [-0.05, 0) is 59.7 Å². The molecule has 2 aromatic heterocycles. The first kappa shape index (κ1) is 40.6. The van der Waals surface area contributed by atoms with E-state index in [1.54, 1.807) is 36.4 Å². The van der Waals surface area contributed by atoms with Crippen LogP contribution in [0.15, 0.2) is 107 Å². The fourth-order valence-electron chi connectivity index (χ4n) is 5.13. The van der Waals surface area contributed by atoms with Gasteiger partial charge < -0.3 is 30.0 Å². The third-order valence-corrected chi connectivity index (χ3v) is 9.29. The SMILES string of the molecule is O=C(Nc1ccc(C=Cc2ccc(NC(=O)c3ccc4cccnc4c3O)cc2S(=O)(=O)[O-])c(S(=O)(=O)[O-])c1)c1ccc2cccnc2c1O.[Na+].[Na+]. The molecule has 0 saturated heterocycles. The van der Waals surface area contributed by atoms with Crippen LogP contribution in [0.4, 0.5) is 11.4 Å². The number of carbonyl (C=O) groups is 2. The van der Waals surface area contributed by atoms with Crippen molar-refractivity contribution in [3.8, 4) is 11.5 Å². The maximum atomic E-state index is 12.9. The van der Waals surface area contributed by atoms with Crippen molar-refractivity contribution in [1.82, 2.24) is 9.97 Å². The molecule has 0 radical (unpaired) electrons. The van der Waals surface area contributed by atoms with Gasteiger partial charge in [0.1, 0.15) is 31.3 Å². The van der Waals surface area contributed by atoms with Crippen molar-refractivity contribution in [2.75, 3.05) is 10.6 Å². The zero-order valence-corrected chi connectivity index (χ0v) is 32.9. The summed E-state index contributed by atoms with van der Waals surface area (Å²) in [4.78, 5) is 32.4. The van der Waals surface area contributed by atoms with Crippen molar-refractivity contribution in [3.05, 3.63) is 120 Å². The number of fused-ring (bicyclic) bond motifs is 2. The van der Waals surface area contributed by atoms with Crippen LogP contribution >= 0.6 is 0 Å². The Bertz CT molecular complexity index is 2460. The van der Waals surface area contributed by atoms with E-state index in [0.717, 1.165) is 24.3 Å². The van der Waals surface area contributed by atoms with Gasteiger partial charge in [0.15, 0.2) is 11.5 Å². The molecule has 0 spiro atoms. The van der Waals surface area contributed by atoms with E-state index >= 15 is 0 Å². The number of benzene rings is 4. The number of hydrogen-bond donors (Lipinski definition) is 4. The Balaban J connectivity index is 0.00000302. The molecule has 0 aliphatic carbocycles. The topological polar surface area (TPSA) is 239 Å². The molecule has 252 valence electrons. The van der Waals surface area contributed by atoms with E-state index in [2.05, 4.69) is 20.6 Å². The molecule has 6 rings (SSSR count). The summed E-state index contributed by atoms with van der Waals surface area (Å²) in [5.41, 5.74) is -0.630. The molecule has 0 bridgehead atoms.